The first kappa shape index (κ1) is 13.5. The van der Waals surface area contributed by atoms with Crippen LogP contribution in [-0.4, -0.2) is 25.8 Å². The van der Waals surface area contributed by atoms with Crippen LogP contribution in [0, 0.1) is 18.3 Å². The van der Waals surface area contributed by atoms with E-state index in [0.717, 1.165) is 5.56 Å². The van der Waals surface area contributed by atoms with E-state index in [4.69, 9.17) is 5.26 Å². The second kappa shape index (κ2) is 5.40. The Morgan fingerprint density at radius 1 is 1.60 bits per heavy atom. The Kier molecular flexibility index (Phi) is 3.66. The number of aryl methyl sites for hydroxylation is 2. The van der Waals surface area contributed by atoms with Crippen molar-refractivity contribution in [2.75, 3.05) is 5.32 Å². The summed E-state index contributed by atoms with van der Waals surface area (Å²) in [5.41, 5.74) is 1.56. The van der Waals surface area contributed by atoms with Crippen molar-refractivity contribution < 1.29 is 9.90 Å². The molecule has 2 aromatic rings. The number of carboxylic acids is 1. The van der Waals surface area contributed by atoms with E-state index in [9.17, 15) is 9.90 Å². The van der Waals surface area contributed by atoms with Crippen molar-refractivity contribution in [3.8, 4) is 6.07 Å². The molecule has 0 saturated carbocycles. The van der Waals surface area contributed by atoms with Crippen LogP contribution in [0.1, 0.15) is 22.7 Å². The first-order valence-electron chi connectivity index (χ1n) is 5.86. The van der Waals surface area contributed by atoms with Crippen molar-refractivity contribution in [3.05, 3.63) is 41.3 Å². The highest BCUT2D eigenvalue weighted by molar-refractivity contribution is 5.79. The van der Waals surface area contributed by atoms with E-state index in [2.05, 4.69) is 15.4 Å². The summed E-state index contributed by atoms with van der Waals surface area (Å²) in [5, 5.41) is 25.2. The molecule has 0 bridgehead atoms. The molecule has 0 fully saturated rings. The molecule has 0 aliphatic carbocycles. The lowest BCUT2D eigenvalue weighted by Gasteiger charge is -2.15. The number of anilines is 1. The summed E-state index contributed by atoms with van der Waals surface area (Å²) in [6.07, 6.45) is 4.60. The van der Waals surface area contributed by atoms with Crippen LogP contribution in [0.5, 0.6) is 0 Å². The van der Waals surface area contributed by atoms with Crippen molar-refractivity contribution in [3.63, 3.8) is 0 Å². The van der Waals surface area contributed by atoms with Gasteiger partial charge in [0.05, 0.1) is 11.8 Å². The molecule has 102 valence electrons. The summed E-state index contributed by atoms with van der Waals surface area (Å²) >= 11 is 0. The normalized spacial score (nSPS) is 11.7. The van der Waals surface area contributed by atoms with Gasteiger partial charge in [0.1, 0.15) is 11.9 Å². The molecule has 0 aliphatic heterocycles. The number of pyridine rings is 1. The van der Waals surface area contributed by atoms with Crippen LogP contribution in [0.2, 0.25) is 0 Å². The van der Waals surface area contributed by atoms with Gasteiger partial charge >= 0.3 is 5.97 Å². The maximum Gasteiger partial charge on any atom is 0.330 e. The predicted molar refractivity (Wildman–Crippen MR) is 70.9 cm³/mol. The molecule has 0 spiro atoms. The van der Waals surface area contributed by atoms with Gasteiger partial charge in [0, 0.05) is 25.0 Å². The Labute approximate surface area is 115 Å². The minimum atomic E-state index is -1.06. The van der Waals surface area contributed by atoms with Crippen LogP contribution < -0.4 is 5.32 Å². The van der Waals surface area contributed by atoms with E-state index in [1.807, 2.05) is 6.07 Å². The lowest BCUT2D eigenvalue weighted by Crippen LogP contribution is -2.21. The van der Waals surface area contributed by atoms with Gasteiger partial charge in [-0.15, -0.1) is 0 Å². The van der Waals surface area contributed by atoms with Gasteiger partial charge in [-0.2, -0.15) is 10.4 Å². The number of hydrogen-bond donors (Lipinski definition) is 2. The number of hydrogen-bond acceptors (Lipinski definition) is 5. The fourth-order valence-electron chi connectivity index (χ4n) is 1.82. The van der Waals surface area contributed by atoms with Crippen LogP contribution in [0.15, 0.2) is 24.7 Å². The van der Waals surface area contributed by atoms with Crippen molar-refractivity contribution in [2.24, 2.45) is 7.05 Å². The first-order chi connectivity index (χ1) is 9.52. The van der Waals surface area contributed by atoms with E-state index in [0.29, 0.717) is 11.1 Å². The van der Waals surface area contributed by atoms with Crippen LogP contribution in [0.3, 0.4) is 0 Å². The predicted octanol–water partition coefficient (Wildman–Crippen LogP) is 1.23. The molecule has 1 unspecified atom stereocenters. The highest BCUT2D eigenvalue weighted by atomic mass is 16.4. The fraction of sp³-hybridized carbons (Fsp3) is 0.231. The molecule has 0 aliphatic rings. The largest absolute Gasteiger partial charge is 0.479 e. The summed E-state index contributed by atoms with van der Waals surface area (Å²) in [5.74, 6) is -0.811. The summed E-state index contributed by atoms with van der Waals surface area (Å²) in [6, 6.07) is 2.71. The molecule has 7 heteroatoms. The van der Waals surface area contributed by atoms with Gasteiger partial charge in [0.15, 0.2) is 6.04 Å². The quantitative estimate of drug-likeness (QED) is 0.866. The van der Waals surface area contributed by atoms with Gasteiger partial charge in [-0.25, -0.2) is 9.78 Å². The highest BCUT2D eigenvalue weighted by Crippen LogP contribution is 2.22. The summed E-state index contributed by atoms with van der Waals surface area (Å²) in [4.78, 5) is 15.4. The van der Waals surface area contributed by atoms with Crippen LogP contribution in [0.4, 0.5) is 5.82 Å². The topological polar surface area (TPSA) is 104 Å². The van der Waals surface area contributed by atoms with E-state index in [1.54, 1.807) is 26.2 Å². The average molecular weight is 271 g/mol. The average Bonchev–Trinajstić information content (AvgIpc) is 2.82. The van der Waals surface area contributed by atoms with Crippen LogP contribution in [-0.2, 0) is 11.8 Å². The standard InChI is InChI=1S/C13H13N5O2/c1-8-3-4-15-12(10(8)5-14)17-11(13(19)20)9-6-16-18(2)7-9/h3-4,6-7,11H,1-2H3,(H,15,17)(H,19,20). The number of aliphatic carboxylic acids is 1. The van der Waals surface area contributed by atoms with Gasteiger partial charge in [0.2, 0.25) is 0 Å². The number of carbonyl (C=O) groups is 1. The van der Waals surface area contributed by atoms with Crippen molar-refractivity contribution in [1.29, 1.82) is 5.26 Å². The van der Waals surface area contributed by atoms with E-state index in [-0.39, 0.29) is 5.82 Å². The van der Waals surface area contributed by atoms with Crippen molar-refractivity contribution >= 4 is 11.8 Å². The SMILES string of the molecule is Cc1ccnc(NC(C(=O)O)c2cnn(C)c2)c1C#N. The van der Waals surface area contributed by atoms with Gasteiger partial charge in [-0.05, 0) is 18.6 Å². The van der Waals surface area contributed by atoms with Crippen molar-refractivity contribution in [2.45, 2.75) is 13.0 Å². The summed E-state index contributed by atoms with van der Waals surface area (Å²) < 4.78 is 1.52. The van der Waals surface area contributed by atoms with E-state index in [1.165, 1.54) is 17.1 Å². The second-order valence-corrected chi connectivity index (χ2v) is 4.33. The third-order valence-corrected chi connectivity index (χ3v) is 2.86. The molecule has 2 rings (SSSR count). The monoisotopic (exact) mass is 271 g/mol. The molecular formula is C13H13N5O2. The molecule has 0 amide bonds. The van der Waals surface area contributed by atoms with Gasteiger partial charge in [-0.3, -0.25) is 4.68 Å². The first-order valence-corrected chi connectivity index (χ1v) is 5.86. The smallest absolute Gasteiger partial charge is 0.330 e. The number of nitrogens with one attached hydrogen (secondary N) is 1. The Bertz CT molecular complexity index is 686. The Balaban J connectivity index is 2.38. The van der Waals surface area contributed by atoms with Gasteiger partial charge in [-0.1, -0.05) is 0 Å². The zero-order valence-corrected chi connectivity index (χ0v) is 11.0. The third-order valence-electron chi connectivity index (χ3n) is 2.86. The molecule has 2 N–H and O–H groups in total. The van der Waals surface area contributed by atoms with Crippen molar-refractivity contribution in [1.82, 2.24) is 14.8 Å². The number of nitriles is 1. The van der Waals surface area contributed by atoms with E-state index >= 15 is 0 Å². The van der Waals surface area contributed by atoms with Crippen LogP contribution in [0.25, 0.3) is 0 Å². The zero-order chi connectivity index (χ0) is 14.7. The lowest BCUT2D eigenvalue weighted by atomic mass is 10.1. The fourth-order valence-corrected chi connectivity index (χ4v) is 1.82. The minimum Gasteiger partial charge on any atom is -0.479 e. The molecule has 0 saturated heterocycles. The molecule has 2 heterocycles. The maximum absolute atomic E-state index is 11.4. The number of aromatic nitrogens is 3. The molecule has 20 heavy (non-hydrogen) atoms. The Hall–Kier alpha value is -2.88. The molecule has 7 nitrogen and oxygen atoms in total. The van der Waals surface area contributed by atoms with E-state index < -0.39 is 12.0 Å². The summed E-state index contributed by atoms with van der Waals surface area (Å²) in [7, 11) is 1.70. The molecule has 2 aromatic heterocycles. The second-order valence-electron chi connectivity index (χ2n) is 4.33. The maximum atomic E-state index is 11.4. The zero-order valence-electron chi connectivity index (χ0n) is 11.0. The molecule has 0 radical (unpaired) electrons. The van der Waals surface area contributed by atoms with Gasteiger partial charge in [0.25, 0.3) is 0 Å². The Morgan fingerprint density at radius 3 is 2.90 bits per heavy atom. The number of rotatable bonds is 4. The van der Waals surface area contributed by atoms with Crippen LogP contribution >= 0.6 is 0 Å². The molecule has 1 atom stereocenters. The summed E-state index contributed by atoms with van der Waals surface area (Å²) in [6.45, 7) is 1.77. The molecular weight excluding hydrogens is 258 g/mol. The minimum absolute atomic E-state index is 0.253. The number of carboxylic acid groups (broad SMARTS) is 1. The third kappa shape index (κ3) is 2.59. The highest BCUT2D eigenvalue weighted by Gasteiger charge is 2.23. The number of nitrogens with zero attached hydrogens (tertiary/aromatic N) is 4. The van der Waals surface area contributed by atoms with Gasteiger partial charge < -0.3 is 10.4 Å². The molecule has 0 aromatic carbocycles. The Morgan fingerprint density at radius 2 is 2.35 bits per heavy atom. The lowest BCUT2D eigenvalue weighted by molar-refractivity contribution is -0.138.